The third-order valence-corrected chi connectivity index (χ3v) is 4.57. The summed E-state index contributed by atoms with van der Waals surface area (Å²) in [5.41, 5.74) is 1.62. The van der Waals surface area contributed by atoms with Crippen molar-refractivity contribution in [3.63, 3.8) is 0 Å². The summed E-state index contributed by atoms with van der Waals surface area (Å²) in [5, 5.41) is 8.14. The molecule has 2 N–H and O–H groups in total. The first-order valence-corrected chi connectivity index (χ1v) is 9.19. The number of carbonyl (C=O) groups is 2. The summed E-state index contributed by atoms with van der Waals surface area (Å²) in [4.78, 5) is 30.8. The second-order valence-corrected chi connectivity index (χ2v) is 6.70. The highest BCUT2D eigenvalue weighted by Crippen LogP contribution is 2.14. The van der Waals surface area contributed by atoms with Crippen LogP contribution in [0.1, 0.15) is 26.0 Å². The molecule has 1 aromatic carbocycles. The Morgan fingerprint density at radius 3 is 2.56 bits per heavy atom. The number of para-hydroxylation sites is 1. The van der Waals surface area contributed by atoms with Crippen LogP contribution in [0.25, 0.3) is 0 Å². The summed E-state index contributed by atoms with van der Waals surface area (Å²) in [6.45, 7) is 6.53. The van der Waals surface area contributed by atoms with E-state index in [0.29, 0.717) is 11.7 Å². The third kappa shape index (κ3) is 5.95. The number of thiazole rings is 1. The van der Waals surface area contributed by atoms with E-state index in [1.807, 2.05) is 61.4 Å². The highest BCUT2D eigenvalue weighted by Gasteiger charge is 2.23. The van der Waals surface area contributed by atoms with Crippen LogP contribution in [0.4, 0.5) is 10.8 Å². The molecule has 134 valence electrons. The molecule has 2 rings (SSSR count). The average Bonchev–Trinajstić information content (AvgIpc) is 2.99. The molecule has 1 unspecified atom stereocenters. The fraction of sp³-hybridized carbons (Fsp3) is 0.389. The van der Waals surface area contributed by atoms with Gasteiger partial charge in [0.15, 0.2) is 5.13 Å². The number of aromatic nitrogens is 1. The van der Waals surface area contributed by atoms with E-state index in [2.05, 4.69) is 15.6 Å². The van der Waals surface area contributed by atoms with E-state index in [4.69, 9.17) is 0 Å². The van der Waals surface area contributed by atoms with Gasteiger partial charge in [0.1, 0.15) is 0 Å². The van der Waals surface area contributed by atoms with Crippen LogP contribution in [-0.4, -0.2) is 40.8 Å². The zero-order chi connectivity index (χ0) is 18.2. The number of benzene rings is 1. The Morgan fingerprint density at radius 1 is 1.24 bits per heavy atom. The van der Waals surface area contributed by atoms with Crippen molar-refractivity contribution < 1.29 is 9.59 Å². The second-order valence-electron chi connectivity index (χ2n) is 5.84. The van der Waals surface area contributed by atoms with Crippen molar-refractivity contribution >= 4 is 34.0 Å². The van der Waals surface area contributed by atoms with Crippen molar-refractivity contribution in [1.82, 2.24) is 9.88 Å². The number of aryl methyl sites for hydroxylation is 1. The molecule has 0 bridgehead atoms. The monoisotopic (exact) mass is 360 g/mol. The number of hydrogen-bond acceptors (Lipinski definition) is 5. The van der Waals surface area contributed by atoms with Crippen molar-refractivity contribution in [2.24, 2.45) is 0 Å². The lowest BCUT2D eigenvalue weighted by Crippen LogP contribution is -2.46. The van der Waals surface area contributed by atoms with Crippen LogP contribution in [-0.2, 0) is 9.59 Å². The zero-order valence-corrected chi connectivity index (χ0v) is 15.6. The topological polar surface area (TPSA) is 74.3 Å². The zero-order valence-electron chi connectivity index (χ0n) is 14.8. The van der Waals surface area contributed by atoms with Crippen molar-refractivity contribution in [2.75, 3.05) is 23.7 Å². The number of hydrogen-bond donors (Lipinski definition) is 2. The molecule has 0 saturated carbocycles. The number of nitrogens with zero attached hydrogens (tertiary/aromatic N) is 2. The van der Waals surface area contributed by atoms with E-state index < -0.39 is 6.04 Å². The molecule has 25 heavy (non-hydrogen) atoms. The molecule has 0 saturated heterocycles. The standard InChI is InChI=1S/C18H24N4O2S/c1-4-10-22(11-16(23)21-18-19-13(2)12-25-18)14(3)17(24)20-15-8-6-5-7-9-15/h5-9,12,14H,4,10-11H2,1-3H3,(H,20,24)(H,19,21,23). The predicted molar refractivity (Wildman–Crippen MR) is 102 cm³/mol. The maximum atomic E-state index is 12.5. The van der Waals surface area contributed by atoms with Gasteiger partial charge in [-0.2, -0.15) is 0 Å². The van der Waals surface area contributed by atoms with Gasteiger partial charge in [0, 0.05) is 11.1 Å². The normalized spacial score (nSPS) is 12.0. The number of amides is 2. The molecule has 0 aliphatic rings. The van der Waals surface area contributed by atoms with Crippen molar-refractivity contribution in [1.29, 1.82) is 0 Å². The van der Waals surface area contributed by atoms with Crippen molar-refractivity contribution in [3.8, 4) is 0 Å². The fourth-order valence-corrected chi connectivity index (χ4v) is 3.09. The van der Waals surface area contributed by atoms with Gasteiger partial charge in [0.2, 0.25) is 11.8 Å². The first-order chi connectivity index (χ1) is 12.0. The van der Waals surface area contributed by atoms with E-state index in [9.17, 15) is 9.59 Å². The van der Waals surface area contributed by atoms with Crippen LogP contribution in [0.2, 0.25) is 0 Å². The minimum Gasteiger partial charge on any atom is -0.325 e. The Labute approximate surface area is 152 Å². The predicted octanol–water partition coefficient (Wildman–Crippen LogP) is 3.13. The SMILES string of the molecule is CCCN(CC(=O)Nc1nc(C)cs1)C(C)C(=O)Nc1ccccc1. The van der Waals surface area contributed by atoms with Crippen molar-refractivity contribution in [2.45, 2.75) is 33.2 Å². The molecule has 6 nitrogen and oxygen atoms in total. The Morgan fingerprint density at radius 2 is 1.96 bits per heavy atom. The number of rotatable bonds is 8. The summed E-state index contributed by atoms with van der Waals surface area (Å²) >= 11 is 1.39. The molecule has 2 amide bonds. The van der Waals surface area contributed by atoms with E-state index in [-0.39, 0.29) is 18.4 Å². The molecule has 1 aromatic heterocycles. The maximum absolute atomic E-state index is 12.5. The minimum atomic E-state index is -0.413. The molecular weight excluding hydrogens is 336 g/mol. The molecule has 2 aromatic rings. The lowest BCUT2D eigenvalue weighted by Gasteiger charge is -2.27. The number of anilines is 2. The van der Waals surface area contributed by atoms with Gasteiger partial charge in [-0.3, -0.25) is 14.5 Å². The molecule has 0 spiro atoms. The first kappa shape index (κ1) is 19.1. The Bertz CT molecular complexity index is 702. The largest absolute Gasteiger partial charge is 0.325 e. The third-order valence-electron chi connectivity index (χ3n) is 3.69. The number of carbonyl (C=O) groups excluding carboxylic acids is 2. The van der Waals surface area contributed by atoms with Gasteiger partial charge >= 0.3 is 0 Å². The molecule has 0 aliphatic carbocycles. The highest BCUT2D eigenvalue weighted by atomic mass is 32.1. The lowest BCUT2D eigenvalue weighted by molar-refractivity contribution is -0.123. The molecule has 0 fully saturated rings. The lowest BCUT2D eigenvalue weighted by atomic mass is 10.2. The van der Waals surface area contributed by atoms with E-state index in [1.54, 1.807) is 0 Å². The van der Waals surface area contributed by atoms with Crippen LogP contribution in [0.3, 0.4) is 0 Å². The van der Waals surface area contributed by atoms with Gasteiger partial charge in [-0.25, -0.2) is 4.98 Å². The van der Waals surface area contributed by atoms with E-state index >= 15 is 0 Å². The molecule has 1 atom stereocenters. The quantitative estimate of drug-likeness (QED) is 0.758. The van der Waals surface area contributed by atoms with Gasteiger partial charge in [0.25, 0.3) is 0 Å². The Hall–Kier alpha value is -2.25. The van der Waals surface area contributed by atoms with Gasteiger partial charge < -0.3 is 10.6 Å². The van der Waals surface area contributed by atoms with E-state index in [1.165, 1.54) is 11.3 Å². The van der Waals surface area contributed by atoms with Crippen LogP contribution < -0.4 is 10.6 Å². The second kappa shape index (κ2) is 9.29. The summed E-state index contributed by atoms with van der Waals surface area (Å²) < 4.78 is 0. The smallest absolute Gasteiger partial charge is 0.241 e. The molecular formula is C18H24N4O2S. The maximum Gasteiger partial charge on any atom is 0.241 e. The van der Waals surface area contributed by atoms with E-state index in [0.717, 1.165) is 17.8 Å². The average molecular weight is 360 g/mol. The number of nitrogens with one attached hydrogen (secondary N) is 2. The molecule has 7 heteroatoms. The van der Waals surface area contributed by atoms with Crippen molar-refractivity contribution in [3.05, 3.63) is 41.4 Å². The highest BCUT2D eigenvalue weighted by molar-refractivity contribution is 7.13. The van der Waals surface area contributed by atoms with Crippen LogP contribution in [0, 0.1) is 6.92 Å². The van der Waals surface area contributed by atoms with Gasteiger partial charge in [-0.05, 0) is 38.9 Å². The van der Waals surface area contributed by atoms with Gasteiger partial charge in [-0.1, -0.05) is 25.1 Å². The minimum absolute atomic E-state index is 0.127. The van der Waals surface area contributed by atoms with Crippen LogP contribution in [0.15, 0.2) is 35.7 Å². The van der Waals surface area contributed by atoms with Gasteiger partial charge in [0.05, 0.1) is 18.3 Å². The summed E-state index contributed by atoms with van der Waals surface area (Å²) in [5.74, 6) is -0.292. The first-order valence-electron chi connectivity index (χ1n) is 8.31. The Balaban J connectivity index is 1.95. The molecule has 1 heterocycles. The van der Waals surface area contributed by atoms with Crippen LogP contribution >= 0.6 is 11.3 Å². The van der Waals surface area contributed by atoms with Crippen LogP contribution in [0.5, 0.6) is 0 Å². The van der Waals surface area contributed by atoms with Gasteiger partial charge in [-0.15, -0.1) is 11.3 Å². The molecule has 0 aliphatic heterocycles. The molecule has 0 radical (unpaired) electrons. The Kier molecular flexibility index (Phi) is 7.09. The summed E-state index contributed by atoms with van der Waals surface area (Å²) in [6, 6.07) is 8.90. The summed E-state index contributed by atoms with van der Waals surface area (Å²) in [6.07, 6.45) is 0.854. The summed E-state index contributed by atoms with van der Waals surface area (Å²) in [7, 11) is 0. The fourth-order valence-electron chi connectivity index (χ4n) is 2.39.